The van der Waals surface area contributed by atoms with E-state index in [-0.39, 0.29) is 11.7 Å². The molecule has 0 unspecified atom stereocenters. The molecule has 0 aliphatic carbocycles. The Morgan fingerprint density at radius 1 is 1.04 bits per heavy atom. The van der Waals surface area contributed by atoms with Crippen LogP contribution in [0.5, 0.6) is 0 Å². The zero-order valence-electron chi connectivity index (χ0n) is 13.3. The van der Waals surface area contributed by atoms with E-state index in [0.29, 0.717) is 30.3 Å². The molecule has 6 heteroatoms. The second-order valence-electron chi connectivity index (χ2n) is 5.53. The van der Waals surface area contributed by atoms with Gasteiger partial charge in [0.15, 0.2) is 5.76 Å². The Balaban J connectivity index is 1.36. The van der Waals surface area contributed by atoms with Crippen LogP contribution in [0.4, 0.5) is 0 Å². The lowest BCUT2D eigenvalue weighted by Gasteiger charge is -1.99. The van der Waals surface area contributed by atoms with Crippen molar-refractivity contribution >= 4 is 16.9 Å². The number of hydrogen-bond acceptors (Lipinski definition) is 5. The molecule has 4 rings (SSSR count). The largest absolute Gasteiger partial charge is 0.451 e. The van der Waals surface area contributed by atoms with Gasteiger partial charge in [-0.05, 0) is 12.1 Å². The number of carbonyl (C=O) groups is 1. The molecule has 0 spiro atoms. The zero-order valence-corrected chi connectivity index (χ0v) is 13.3. The number of benzene rings is 2. The molecule has 0 aliphatic heterocycles. The number of amides is 1. The number of nitrogens with one attached hydrogen (secondary N) is 1. The summed E-state index contributed by atoms with van der Waals surface area (Å²) in [6, 6.07) is 18.8. The Bertz CT molecular complexity index is 972. The number of nitrogens with zero attached hydrogens (tertiary/aromatic N) is 2. The van der Waals surface area contributed by atoms with Crippen LogP contribution in [0, 0.1) is 0 Å². The van der Waals surface area contributed by atoms with Crippen LogP contribution in [0.2, 0.25) is 0 Å². The fourth-order valence-corrected chi connectivity index (χ4v) is 2.52. The molecule has 0 saturated heterocycles. The molecule has 0 aliphatic rings. The minimum atomic E-state index is -0.265. The van der Waals surface area contributed by atoms with Gasteiger partial charge in [-0.25, -0.2) is 0 Å². The molecule has 124 valence electrons. The van der Waals surface area contributed by atoms with Crippen LogP contribution in [-0.4, -0.2) is 22.6 Å². The monoisotopic (exact) mass is 333 g/mol. The number of carbonyl (C=O) groups excluding carboxylic acids is 1. The average molecular weight is 333 g/mol. The fraction of sp³-hybridized carbons (Fsp3) is 0.105. The van der Waals surface area contributed by atoms with Gasteiger partial charge in [0.1, 0.15) is 5.58 Å². The molecule has 4 aromatic rings. The van der Waals surface area contributed by atoms with Crippen molar-refractivity contribution in [2.75, 3.05) is 6.54 Å². The number of rotatable bonds is 5. The smallest absolute Gasteiger partial charge is 0.287 e. The Kier molecular flexibility index (Phi) is 4.00. The van der Waals surface area contributed by atoms with Crippen molar-refractivity contribution in [3.63, 3.8) is 0 Å². The Morgan fingerprint density at radius 2 is 1.84 bits per heavy atom. The van der Waals surface area contributed by atoms with Crippen molar-refractivity contribution in [3.05, 3.63) is 72.3 Å². The summed E-state index contributed by atoms with van der Waals surface area (Å²) in [6.07, 6.45) is 0.450. The van der Waals surface area contributed by atoms with Crippen molar-refractivity contribution in [1.82, 2.24) is 15.5 Å². The van der Waals surface area contributed by atoms with E-state index in [4.69, 9.17) is 8.94 Å². The lowest BCUT2D eigenvalue weighted by atomic mass is 10.2. The summed E-state index contributed by atoms with van der Waals surface area (Å²) in [5, 5.41) is 7.65. The first kappa shape index (κ1) is 15.1. The minimum absolute atomic E-state index is 0.265. The van der Waals surface area contributed by atoms with Crippen LogP contribution >= 0.6 is 0 Å². The van der Waals surface area contributed by atoms with Gasteiger partial charge in [-0.2, -0.15) is 4.98 Å². The van der Waals surface area contributed by atoms with Crippen molar-refractivity contribution in [2.24, 2.45) is 0 Å². The maximum absolute atomic E-state index is 12.2. The van der Waals surface area contributed by atoms with E-state index in [1.807, 2.05) is 54.6 Å². The highest BCUT2D eigenvalue weighted by molar-refractivity contribution is 5.96. The van der Waals surface area contributed by atoms with Crippen LogP contribution in [0.25, 0.3) is 22.4 Å². The summed E-state index contributed by atoms with van der Waals surface area (Å²) in [5.74, 6) is 1.04. The first-order valence-corrected chi connectivity index (χ1v) is 7.94. The predicted octanol–water partition coefficient (Wildman–Crippen LogP) is 3.46. The minimum Gasteiger partial charge on any atom is -0.451 e. The Morgan fingerprint density at radius 3 is 2.68 bits per heavy atom. The molecular weight excluding hydrogens is 318 g/mol. The summed E-state index contributed by atoms with van der Waals surface area (Å²) in [6.45, 7) is 0.381. The summed E-state index contributed by atoms with van der Waals surface area (Å²) in [4.78, 5) is 16.5. The van der Waals surface area contributed by atoms with Crippen molar-refractivity contribution in [2.45, 2.75) is 6.42 Å². The highest BCUT2D eigenvalue weighted by Gasteiger charge is 2.13. The van der Waals surface area contributed by atoms with E-state index < -0.39 is 0 Å². The summed E-state index contributed by atoms with van der Waals surface area (Å²) < 4.78 is 10.7. The van der Waals surface area contributed by atoms with Crippen LogP contribution in [0.3, 0.4) is 0 Å². The number of furan rings is 1. The summed E-state index contributed by atoms with van der Waals surface area (Å²) in [5.41, 5.74) is 1.58. The SMILES string of the molecule is O=C(NCCc1nc(-c2ccccc2)no1)c1cc2ccccc2o1. The highest BCUT2D eigenvalue weighted by Crippen LogP contribution is 2.18. The third kappa shape index (κ3) is 3.28. The topological polar surface area (TPSA) is 81.2 Å². The Labute approximate surface area is 143 Å². The normalized spacial score (nSPS) is 10.9. The van der Waals surface area contributed by atoms with Crippen LogP contribution in [-0.2, 0) is 6.42 Å². The zero-order chi connectivity index (χ0) is 17.1. The lowest BCUT2D eigenvalue weighted by molar-refractivity contribution is 0.0928. The van der Waals surface area contributed by atoms with Crippen molar-refractivity contribution < 1.29 is 13.7 Å². The molecule has 2 aromatic heterocycles. The van der Waals surface area contributed by atoms with E-state index in [2.05, 4.69) is 15.5 Å². The molecule has 1 amide bonds. The Hall–Kier alpha value is -3.41. The van der Waals surface area contributed by atoms with Gasteiger partial charge in [0.2, 0.25) is 11.7 Å². The quantitative estimate of drug-likeness (QED) is 0.605. The summed E-state index contributed by atoms with van der Waals surface area (Å²) >= 11 is 0. The molecule has 0 bridgehead atoms. The maximum atomic E-state index is 12.2. The van der Waals surface area contributed by atoms with Crippen LogP contribution in [0.15, 0.2) is 69.6 Å². The van der Waals surface area contributed by atoms with E-state index >= 15 is 0 Å². The second-order valence-corrected chi connectivity index (χ2v) is 5.53. The van der Waals surface area contributed by atoms with E-state index in [1.54, 1.807) is 6.07 Å². The highest BCUT2D eigenvalue weighted by atomic mass is 16.5. The number of aromatic nitrogens is 2. The first-order chi connectivity index (χ1) is 12.3. The molecule has 0 atom stereocenters. The second kappa shape index (κ2) is 6.60. The van der Waals surface area contributed by atoms with Gasteiger partial charge in [-0.3, -0.25) is 4.79 Å². The van der Waals surface area contributed by atoms with Gasteiger partial charge in [0.05, 0.1) is 0 Å². The van der Waals surface area contributed by atoms with Crippen molar-refractivity contribution in [3.8, 4) is 11.4 Å². The summed E-state index contributed by atoms with van der Waals surface area (Å²) in [7, 11) is 0. The molecule has 6 nitrogen and oxygen atoms in total. The van der Waals surface area contributed by atoms with Gasteiger partial charge in [0.25, 0.3) is 5.91 Å². The predicted molar refractivity (Wildman–Crippen MR) is 92.0 cm³/mol. The molecule has 0 saturated carbocycles. The van der Waals surface area contributed by atoms with Gasteiger partial charge in [-0.15, -0.1) is 0 Å². The maximum Gasteiger partial charge on any atom is 0.287 e. The van der Waals surface area contributed by atoms with Gasteiger partial charge in [-0.1, -0.05) is 53.7 Å². The fourth-order valence-electron chi connectivity index (χ4n) is 2.52. The average Bonchev–Trinajstić information content (AvgIpc) is 3.29. The molecule has 0 radical (unpaired) electrons. The van der Waals surface area contributed by atoms with Crippen LogP contribution in [0.1, 0.15) is 16.4 Å². The van der Waals surface area contributed by atoms with Gasteiger partial charge in [0, 0.05) is 23.9 Å². The molecule has 2 aromatic carbocycles. The lowest BCUT2D eigenvalue weighted by Crippen LogP contribution is -2.25. The van der Waals surface area contributed by atoms with Crippen LogP contribution < -0.4 is 5.32 Å². The van der Waals surface area contributed by atoms with Crippen molar-refractivity contribution in [1.29, 1.82) is 0 Å². The molecule has 2 heterocycles. The molecule has 25 heavy (non-hydrogen) atoms. The van der Waals surface area contributed by atoms with E-state index in [0.717, 1.165) is 10.9 Å². The van der Waals surface area contributed by atoms with Gasteiger partial charge < -0.3 is 14.3 Å². The number of hydrogen-bond donors (Lipinski definition) is 1. The third-order valence-corrected chi connectivity index (χ3v) is 3.77. The van der Waals surface area contributed by atoms with E-state index in [9.17, 15) is 4.79 Å². The molecular formula is C19H15N3O3. The number of para-hydroxylation sites is 1. The first-order valence-electron chi connectivity index (χ1n) is 7.94. The molecule has 0 fully saturated rings. The third-order valence-electron chi connectivity index (χ3n) is 3.77. The van der Waals surface area contributed by atoms with E-state index in [1.165, 1.54) is 0 Å². The standard InChI is InChI=1S/C19H15N3O3/c23-19(16-12-14-8-4-5-9-15(14)24-16)20-11-10-17-21-18(22-25-17)13-6-2-1-3-7-13/h1-9,12H,10-11H2,(H,20,23). The van der Waals surface area contributed by atoms with Gasteiger partial charge >= 0.3 is 0 Å². The number of fused-ring (bicyclic) bond motifs is 1. The molecule has 1 N–H and O–H groups in total.